The quantitative estimate of drug-likeness (QED) is 0.861. The Kier molecular flexibility index (Phi) is 4.12. The van der Waals surface area contributed by atoms with Crippen molar-refractivity contribution in [1.82, 2.24) is 0 Å². The van der Waals surface area contributed by atoms with Gasteiger partial charge in [0, 0.05) is 6.54 Å². The highest BCUT2D eigenvalue weighted by molar-refractivity contribution is 5.58. The molecule has 0 bridgehead atoms. The van der Waals surface area contributed by atoms with Crippen molar-refractivity contribution in [2.75, 3.05) is 19.0 Å². The third-order valence-corrected chi connectivity index (χ3v) is 3.75. The molecule has 1 saturated carbocycles. The first-order chi connectivity index (χ1) is 8.63. The monoisotopic (exact) mass is 249 g/mol. The van der Waals surface area contributed by atoms with Crippen molar-refractivity contribution in [3.05, 3.63) is 23.8 Å². The molecule has 0 radical (unpaired) electrons. The summed E-state index contributed by atoms with van der Waals surface area (Å²) in [6, 6.07) is 6.05. The molecular weight excluding hydrogens is 226 g/mol. The lowest BCUT2D eigenvalue weighted by Crippen LogP contribution is -2.38. The van der Waals surface area contributed by atoms with Crippen LogP contribution in [-0.2, 0) is 0 Å². The third kappa shape index (κ3) is 3.16. The number of hydrogen-bond donors (Lipinski definition) is 2. The van der Waals surface area contributed by atoms with Crippen LogP contribution in [0.2, 0.25) is 0 Å². The molecule has 2 rings (SSSR count). The Hall–Kier alpha value is -1.22. The maximum atomic E-state index is 10.5. The molecule has 2 N–H and O–H groups in total. The van der Waals surface area contributed by atoms with Crippen LogP contribution in [0.15, 0.2) is 18.2 Å². The van der Waals surface area contributed by atoms with Gasteiger partial charge in [-0.15, -0.1) is 0 Å². The average molecular weight is 249 g/mol. The predicted octanol–water partition coefficient (Wildman–Crippen LogP) is 3.11. The zero-order chi connectivity index (χ0) is 13.0. The van der Waals surface area contributed by atoms with Crippen LogP contribution in [0.25, 0.3) is 0 Å². The van der Waals surface area contributed by atoms with Crippen LogP contribution in [0, 0.1) is 6.92 Å². The number of hydrogen-bond acceptors (Lipinski definition) is 3. The first-order valence-electron chi connectivity index (χ1n) is 6.74. The maximum Gasteiger partial charge on any atom is 0.141 e. The van der Waals surface area contributed by atoms with E-state index in [9.17, 15) is 5.11 Å². The number of rotatable bonds is 4. The van der Waals surface area contributed by atoms with E-state index in [1.54, 1.807) is 7.11 Å². The fourth-order valence-electron chi connectivity index (χ4n) is 2.61. The van der Waals surface area contributed by atoms with Gasteiger partial charge in [-0.3, -0.25) is 0 Å². The molecule has 0 aromatic heterocycles. The van der Waals surface area contributed by atoms with Crippen LogP contribution < -0.4 is 10.1 Å². The van der Waals surface area contributed by atoms with Gasteiger partial charge in [-0.1, -0.05) is 25.3 Å². The molecular formula is C15H23NO2. The molecule has 1 aliphatic carbocycles. The topological polar surface area (TPSA) is 41.5 Å². The molecule has 0 heterocycles. The molecule has 1 aliphatic rings. The van der Waals surface area contributed by atoms with Crippen molar-refractivity contribution in [3.8, 4) is 5.75 Å². The van der Waals surface area contributed by atoms with Crippen LogP contribution in [-0.4, -0.2) is 24.4 Å². The highest BCUT2D eigenvalue weighted by Gasteiger charge is 2.28. The van der Waals surface area contributed by atoms with Crippen LogP contribution in [0.1, 0.15) is 37.7 Å². The Morgan fingerprint density at radius 3 is 2.67 bits per heavy atom. The van der Waals surface area contributed by atoms with Crippen LogP contribution >= 0.6 is 0 Å². The third-order valence-electron chi connectivity index (χ3n) is 3.75. The molecule has 1 aromatic rings. The van der Waals surface area contributed by atoms with E-state index in [0.717, 1.165) is 37.1 Å². The number of aliphatic hydroxyl groups is 1. The van der Waals surface area contributed by atoms with E-state index < -0.39 is 5.60 Å². The van der Waals surface area contributed by atoms with Crippen LogP contribution in [0.4, 0.5) is 5.69 Å². The van der Waals surface area contributed by atoms with Crippen molar-refractivity contribution in [3.63, 3.8) is 0 Å². The van der Waals surface area contributed by atoms with Gasteiger partial charge in [0.25, 0.3) is 0 Å². The van der Waals surface area contributed by atoms with Gasteiger partial charge in [0.05, 0.1) is 18.4 Å². The van der Waals surface area contributed by atoms with E-state index >= 15 is 0 Å². The molecule has 0 atom stereocenters. The molecule has 0 aliphatic heterocycles. The standard InChI is InChI=1S/C15H23NO2/c1-12-6-7-14(18-2)13(10-12)16-11-15(17)8-4-3-5-9-15/h6-7,10,16-17H,3-5,8-9,11H2,1-2H3. The van der Waals surface area contributed by atoms with Crippen LogP contribution in [0.3, 0.4) is 0 Å². The molecule has 1 fully saturated rings. The van der Waals surface area contributed by atoms with Gasteiger partial charge in [0.2, 0.25) is 0 Å². The number of methoxy groups -OCH3 is 1. The first-order valence-corrected chi connectivity index (χ1v) is 6.74. The van der Waals surface area contributed by atoms with Gasteiger partial charge < -0.3 is 15.2 Å². The zero-order valence-electron chi connectivity index (χ0n) is 11.3. The average Bonchev–Trinajstić information content (AvgIpc) is 2.38. The molecule has 0 amide bonds. The smallest absolute Gasteiger partial charge is 0.141 e. The fraction of sp³-hybridized carbons (Fsp3) is 0.600. The van der Waals surface area contributed by atoms with Crippen LogP contribution in [0.5, 0.6) is 5.75 Å². The van der Waals surface area contributed by atoms with Gasteiger partial charge in [0.1, 0.15) is 5.75 Å². The number of aryl methyl sites for hydroxylation is 1. The minimum absolute atomic E-state index is 0.549. The van der Waals surface area contributed by atoms with Crippen molar-refractivity contribution in [1.29, 1.82) is 0 Å². The summed E-state index contributed by atoms with van der Waals surface area (Å²) in [5.74, 6) is 0.833. The summed E-state index contributed by atoms with van der Waals surface area (Å²) < 4.78 is 5.33. The largest absolute Gasteiger partial charge is 0.495 e. The molecule has 1 aromatic carbocycles. The summed E-state index contributed by atoms with van der Waals surface area (Å²) in [4.78, 5) is 0. The number of nitrogens with one attached hydrogen (secondary N) is 1. The molecule has 0 spiro atoms. The van der Waals surface area contributed by atoms with Crippen molar-refractivity contribution >= 4 is 5.69 Å². The van der Waals surface area contributed by atoms with E-state index in [1.807, 2.05) is 12.1 Å². The zero-order valence-corrected chi connectivity index (χ0v) is 11.3. The highest BCUT2D eigenvalue weighted by atomic mass is 16.5. The fourth-order valence-corrected chi connectivity index (χ4v) is 2.61. The van der Waals surface area contributed by atoms with Gasteiger partial charge in [-0.05, 0) is 37.5 Å². The molecule has 0 unspecified atom stereocenters. The highest BCUT2D eigenvalue weighted by Crippen LogP contribution is 2.30. The van der Waals surface area contributed by atoms with E-state index in [1.165, 1.54) is 12.0 Å². The summed E-state index contributed by atoms with van der Waals surface area (Å²) >= 11 is 0. The minimum atomic E-state index is -0.549. The molecule has 3 heteroatoms. The van der Waals surface area contributed by atoms with E-state index in [-0.39, 0.29) is 0 Å². The van der Waals surface area contributed by atoms with Gasteiger partial charge in [-0.2, -0.15) is 0 Å². The maximum absolute atomic E-state index is 10.5. The Balaban J connectivity index is 2.02. The SMILES string of the molecule is COc1ccc(C)cc1NCC1(O)CCCCC1. The summed E-state index contributed by atoms with van der Waals surface area (Å²) in [5.41, 5.74) is 1.61. The van der Waals surface area contributed by atoms with E-state index in [0.29, 0.717) is 6.54 Å². The molecule has 100 valence electrons. The Labute approximate surface area is 109 Å². The number of ether oxygens (including phenoxy) is 1. The van der Waals surface area contributed by atoms with Gasteiger partial charge in [0.15, 0.2) is 0 Å². The first kappa shape index (κ1) is 13.2. The summed E-state index contributed by atoms with van der Waals surface area (Å²) in [6.07, 6.45) is 5.30. The normalized spacial score (nSPS) is 18.4. The Bertz CT molecular complexity index is 397. The number of anilines is 1. The molecule has 0 saturated heterocycles. The second-order valence-electron chi connectivity index (χ2n) is 5.34. The Morgan fingerprint density at radius 1 is 1.28 bits per heavy atom. The summed E-state index contributed by atoms with van der Waals surface area (Å²) in [5, 5.41) is 13.8. The second-order valence-corrected chi connectivity index (χ2v) is 5.34. The van der Waals surface area contributed by atoms with E-state index in [4.69, 9.17) is 4.74 Å². The van der Waals surface area contributed by atoms with Gasteiger partial charge >= 0.3 is 0 Å². The van der Waals surface area contributed by atoms with E-state index in [2.05, 4.69) is 18.3 Å². The minimum Gasteiger partial charge on any atom is -0.495 e. The van der Waals surface area contributed by atoms with Crippen molar-refractivity contribution < 1.29 is 9.84 Å². The number of benzene rings is 1. The predicted molar refractivity (Wildman–Crippen MR) is 74.3 cm³/mol. The molecule has 3 nitrogen and oxygen atoms in total. The van der Waals surface area contributed by atoms with Crippen molar-refractivity contribution in [2.24, 2.45) is 0 Å². The lowest BCUT2D eigenvalue weighted by Gasteiger charge is -2.32. The summed E-state index contributed by atoms with van der Waals surface area (Å²) in [6.45, 7) is 2.66. The second kappa shape index (κ2) is 5.61. The van der Waals surface area contributed by atoms with Gasteiger partial charge in [-0.25, -0.2) is 0 Å². The lowest BCUT2D eigenvalue weighted by molar-refractivity contribution is 0.0167. The lowest BCUT2D eigenvalue weighted by atomic mass is 9.85. The summed E-state index contributed by atoms with van der Waals surface area (Å²) in [7, 11) is 1.67. The van der Waals surface area contributed by atoms with Crippen molar-refractivity contribution in [2.45, 2.75) is 44.6 Å². The molecule has 18 heavy (non-hydrogen) atoms. The Morgan fingerprint density at radius 2 is 2.00 bits per heavy atom.